The monoisotopic (exact) mass is 257 g/mol. The second kappa shape index (κ2) is 4.07. The molecule has 1 amide bonds. The minimum atomic E-state index is -0.339. The minimum Gasteiger partial charge on any atom is -0.388 e. The van der Waals surface area contributed by atoms with Crippen molar-refractivity contribution in [3.8, 4) is 0 Å². The molecule has 2 fully saturated rings. The van der Waals surface area contributed by atoms with Gasteiger partial charge in [0.2, 0.25) is 5.91 Å². The Kier molecular flexibility index (Phi) is 2.46. The highest BCUT2D eigenvalue weighted by molar-refractivity contribution is 5.99. The Labute approximate surface area is 113 Å². The maximum absolute atomic E-state index is 11.4. The van der Waals surface area contributed by atoms with E-state index < -0.39 is 0 Å². The van der Waals surface area contributed by atoms with Crippen LogP contribution in [0.1, 0.15) is 42.9 Å². The van der Waals surface area contributed by atoms with Crippen LogP contribution in [0.4, 0.5) is 5.69 Å². The highest BCUT2D eigenvalue weighted by atomic mass is 16.3. The van der Waals surface area contributed by atoms with Gasteiger partial charge in [-0.05, 0) is 47.8 Å². The molecule has 0 aromatic heterocycles. The predicted octanol–water partition coefficient (Wildman–Crippen LogP) is 2.65. The van der Waals surface area contributed by atoms with Crippen LogP contribution in [0, 0.1) is 17.8 Å². The summed E-state index contributed by atoms with van der Waals surface area (Å²) in [5, 5.41) is 13.4. The average molecular weight is 257 g/mol. The van der Waals surface area contributed by atoms with Gasteiger partial charge in [0.05, 0.1) is 12.5 Å². The van der Waals surface area contributed by atoms with Crippen LogP contribution in [0.3, 0.4) is 0 Å². The standard InChI is InChI=1S/C16H19NO2/c18-14-8-10-7-9(5-6-13(10)17-14)16(19)15-11-3-1-2-4-12(11)15/h5-7,11-12,15-16,19H,1-4,8H2,(H,17,18). The fourth-order valence-electron chi connectivity index (χ4n) is 4.17. The van der Waals surface area contributed by atoms with Crippen molar-refractivity contribution < 1.29 is 9.90 Å². The lowest BCUT2D eigenvalue weighted by molar-refractivity contribution is -0.115. The zero-order valence-electron chi connectivity index (χ0n) is 10.9. The van der Waals surface area contributed by atoms with Gasteiger partial charge in [0.25, 0.3) is 0 Å². The lowest BCUT2D eigenvalue weighted by Crippen LogP contribution is -2.03. The van der Waals surface area contributed by atoms with Crippen LogP contribution in [-0.4, -0.2) is 11.0 Å². The van der Waals surface area contributed by atoms with Gasteiger partial charge in [0.15, 0.2) is 0 Å². The molecule has 3 unspecified atom stereocenters. The summed E-state index contributed by atoms with van der Waals surface area (Å²) in [5.41, 5.74) is 2.94. The van der Waals surface area contributed by atoms with Crippen molar-refractivity contribution in [3.63, 3.8) is 0 Å². The third kappa shape index (κ3) is 1.79. The van der Waals surface area contributed by atoms with Crippen LogP contribution in [-0.2, 0) is 11.2 Å². The highest BCUT2D eigenvalue weighted by Gasteiger charge is 2.54. The van der Waals surface area contributed by atoms with E-state index >= 15 is 0 Å². The van der Waals surface area contributed by atoms with Gasteiger partial charge in [-0.2, -0.15) is 0 Å². The molecule has 3 heteroatoms. The average Bonchev–Trinajstić information content (AvgIpc) is 3.02. The van der Waals surface area contributed by atoms with Crippen molar-refractivity contribution in [1.29, 1.82) is 0 Å². The summed E-state index contributed by atoms with van der Waals surface area (Å²) < 4.78 is 0. The van der Waals surface area contributed by atoms with E-state index in [1.165, 1.54) is 25.7 Å². The van der Waals surface area contributed by atoms with Gasteiger partial charge >= 0.3 is 0 Å². The zero-order chi connectivity index (χ0) is 13.0. The fraction of sp³-hybridized carbons (Fsp3) is 0.562. The summed E-state index contributed by atoms with van der Waals surface area (Å²) in [4.78, 5) is 11.4. The summed E-state index contributed by atoms with van der Waals surface area (Å²) in [6.45, 7) is 0. The number of hydrogen-bond acceptors (Lipinski definition) is 2. The molecule has 4 rings (SSSR count). The third-order valence-electron chi connectivity index (χ3n) is 5.18. The predicted molar refractivity (Wildman–Crippen MR) is 72.7 cm³/mol. The van der Waals surface area contributed by atoms with E-state index in [0.29, 0.717) is 12.3 Å². The molecular formula is C16H19NO2. The first-order valence-electron chi connectivity index (χ1n) is 7.35. The van der Waals surface area contributed by atoms with E-state index in [9.17, 15) is 9.90 Å². The Morgan fingerprint density at radius 2 is 1.95 bits per heavy atom. The van der Waals surface area contributed by atoms with E-state index in [1.54, 1.807) is 0 Å². The normalized spacial score (nSPS) is 33.3. The Bertz CT molecular complexity index is 528. The quantitative estimate of drug-likeness (QED) is 0.855. The van der Waals surface area contributed by atoms with Crippen molar-refractivity contribution >= 4 is 11.6 Å². The minimum absolute atomic E-state index is 0.0572. The molecule has 19 heavy (non-hydrogen) atoms. The molecule has 0 saturated heterocycles. The number of carbonyl (C=O) groups excluding carboxylic acids is 1. The van der Waals surface area contributed by atoms with Crippen LogP contribution in [0.25, 0.3) is 0 Å². The van der Waals surface area contributed by atoms with Crippen molar-refractivity contribution in [1.82, 2.24) is 0 Å². The SMILES string of the molecule is O=C1Cc2cc(C(O)C3C4CCCCC43)ccc2N1. The van der Waals surface area contributed by atoms with Crippen LogP contribution in [0.15, 0.2) is 18.2 Å². The number of rotatable bonds is 2. The smallest absolute Gasteiger partial charge is 0.228 e. The number of fused-ring (bicyclic) bond motifs is 2. The molecule has 3 atom stereocenters. The molecule has 1 aliphatic heterocycles. The Hall–Kier alpha value is -1.35. The van der Waals surface area contributed by atoms with Crippen LogP contribution >= 0.6 is 0 Å². The molecular weight excluding hydrogens is 238 g/mol. The number of benzene rings is 1. The molecule has 100 valence electrons. The van der Waals surface area contributed by atoms with Gasteiger partial charge in [0, 0.05) is 5.69 Å². The Morgan fingerprint density at radius 3 is 2.68 bits per heavy atom. The van der Waals surface area contributed by atoms with E-state index in [0.717, 1.165) is 28.7 Å². The molecule has 1 aromatic carbocycles. The molecule has 2 N–H and O–H groups in total. The first kappa shape index (κ1) is 11.5. The number of aliphatic hydroxyl groups excluding tert-OH is 1. The summed E-state index contributed by atoms with van der Waals surface area (Å²) in [6.07, 6.45) is 5.34. The second-order valence-electron chi connectivity index (χ2n) is 6.28. The lowest BCUT2D eigenvalue weighted by Gasteiger charge is -2.12. The van der Waals surface area contributed by atoms with E-state index in [2.05, 4.69) is 5.32 Å². The van der Waals surface area contributed by atoms with Gasteiger partial charge in [-0.3, -0.25) is 4.79 Å². The summed E-state index contributed by atoms with van der Waals surface area (Å²) >= 11 is 0. The van der Waals surface area contributed by atoms with Crippen LogP contribution < -0.4 is 5.32 Å². The van der Waals surface area contributed by atoms with Gasteiger partial charge < -0.3 is 10.4 Å². The lowest BCUT2D eigenvalue weighted by atomic mass is 9.99. The van der Waals surface area contributed by atoms with Gasteiger partial charge in [0.1, 0.15) is 0 Å². The van der Waals surface area contributed by atoms with E-state index in [1.807, 2.05) is 18.2 Å². The van der Waals surface area contributed by atoms with Crippen molar-refractivity contribution in [3.05, 3.63) is 29.3 Å². The number of carbonyl (C=O) groups is 1. The highest BCUT2D eigenvalue weighted by Crippen LogP contribution is 2.60. The summed E-state index contributed by atoms with van der Waals surface area (Å²) in [5.74, 6) is 2.01. The molecule has 0 bridgehead atoms. The van der Waals surface area contributed by atoms with Crippen LogP contribution in [0.2, 0.25) is 0 Å². The molecule has 2 saturated carbocycles. The number of amides is 1. The Morgan fingerprint density at radius 1 is 1.21 bits per heavy atom. The topological polar surface area (TPSA) is 49.3 Å². The zero-order valence-corrected chi connectivity index (χ0v) is 10.9. The largest absolute Gasteiger partial charge is 0.388 e. The number of hydrogen-bond donors (Lipinski definition) is 2. The van der Waals surface area contributed by atoms with Crippen LogP contribution in [0.5, 0.6) is 0 Å². The van der Waals surface area contributed by atoms with Crippen molar-refractivity contribution in [2.45, 2.75) is 38.2 Å². The molecule has 3 nitrogen and oxygen atoms in total. The van der Waals surface area contributed by atoms with Crippen molar-refractivity contribution in [2.24, 2.45) is 17.8 Å². The molecule has 1 aromatic rings. The fourth-order valence-corrected chi connectivity index (χ4v) is 4.17. The number of anilines is 1. The molecule has 1 heterocycles. The first-order chi connectivity index (χ1) is 9.24. The van der Waals surface area contributed by atoms with Crippen molar-refractivity contribution in [2.75, 3.05) is 5.32 Å². The summed E-state index contributed by atoms with van der Waals surface area (Å²) in [6, 6.07) is 5.92. The number of nitrogens with one attached hydrogen (secondary N) is 1. The molecule has 0 radical (unpaired) electrons. The Balaban J connectivity index is 1.56. The second-order valence-corrected chi connectivity index (χ2v) is 6.28. The van der Waals surface area contributed by atoms with E-state index in [-0.39, 0.29) is 12.0 Å². The first-order valence-corrected chi connectivity index (χ1v) is 7.35. The molecule has 0 spiro atoms. The number of aliphatic hydroxyl groups is 1. The van der Waals surface area contributed by atoms with E-state index in [4.69, 9.17) is 0 Å². The van der Waals surface area contributed by atoms with Gasteiger partial charge in [-0.25, -0.2) is 0 Å². The third-order valence-corrected chi connectivity index (χ3v) is 5.18. The van der Waals surface area contributed by atoms with Gasteiger partial charge in [-0.1, -0.05) is 25.0 Å². The molecule has 3 aliphatic rings. The van der Waals surface area contributed by atoms with Gasteiger partial charge in [-0.15, -0.1) is 0 Å². The maximum atomic E-state index is 11.4. The maximum Gasteiger partial charge on any atom is 0.228 e. The summed E-state index contributed by atoms with van der Waals surface area (Å²) in [7, 11) is 0. The molecule has 2 aliphatic carbocycles.